The Morgan fingerprint density at radius 2 is 2.09 bits per heavy atom. The normalized spacial score (nSPS) is 13.7. The number of para-hydroxylation sites is 1. The molecule has 0 saturated heterocycles. The van der Waals surface area contributed by atoms with Crippen LogP contribution in [-0.4, -0.2) is 29.4 Å². The van der Waals surface area contributed by atoms with Gasteiger partial charge in [0.25, 0.3) is 5.91 Å². The minimum atomic E-state index is -0.377. The van der Waals surface area contributed by atoms with E-state index in [0.717, 1.165) is 6.54 Å². The molecule has 1 fully saturated rings. The summed E-state index contributed by atoms with van der Waals surface area (Å²) in [6.45, 7) is 0.757. The zero-order chi connectivity index (χ0) is 15.5. The van der Waals surface area contributed by atoms with Gasteiger partial charge in [-0.2, -0.15) is 0 Å². The van der Waals surface area contributed by atoms with Crippen molar-refractivity contribution in [1.82, 2.24) is 9.88 Å². The van der Waals surface area contributed by atoms with E-state index in [1.165, 1.54) is 18.9 Å². The number of halogens is 1. The van der Waals surface area contributed by atoms with E-state index in [4.69, 9.17) is 0 Å². The summed E-state index contributed by atoms with van der Waals surface area (Å²) in [5.41, 5.74) is 0.758. The van der Waals surface area contributed by atoms with Gasteiger partial charge in [0.15, 0.2) is 0 Å². The quantitative estimate of drug-likeness (QED) is 0.919. The molecule has 5 heteroatoms. The Hall–Kier alpha value is -2.43. The highest BCUT2D eigenvalue weighted by Gasteiger charge is 2.26. The Labute approximate surface area is 129 Å². The van der Waals surface area contributed by atoms with Crippen molar-refractivity contribution in [3.8, 4) is 0 Å². The molecule has 1 aliphatic carbocycles. The van der Waals surface area contributed by atoms with Crippen LogP contribution in [0, 0.1) is 11.7 Å². The molecule has 0 aliphatic heterocycles. The molecule has 114 valence electrons. The molecule has 0 bridgehead atoms. The fraction of sp³-hybridized carbons (Fsp3) is 0.294. The molecule has 1 aromatic carbocycles. The first-order valence-corrected chi connectivity index (χ1v) is 7.37. The predicted molar refractivity (Wildman–Crippen MR) is 83.6 cm³/mol. The molecular formula is C17H18FN3O. The number of hydrogen-bond acceptors (Lipinski definition) is 3. The number of hydrogen-bond donors (Lipinski definition) is 1. The summed E-state index contributed by atoms with van der Waals surface area (Å²) in [5, 5.41) is 2.91. The Kier molecular flexibility index (Phi) is 4.04. The number of pyridine rings is 1. The first-order chi connectivity index (χ1) is 10.6. The van der Waals surface area contributed by atoms with Crippen LogP contribution in [0.1, 0.15) is 23.2 Å². The molecule has 0 spiro atoms. The van der Waals surface area contributed by atoms with Crippen molar-refractivity contribution in [2.24, 2.45) is 5.92 Å². The van der Waals surface area contributed by atoms with Crippen LogP contribution < -0.4 is 5.32 Å². The maximum atomic E-state index is 13.8. The van der Waals surface area contributed by atoms with Gasteiger partial charge in [-0.05, 0) is 43.0 Å². The van der Waals surface area contributed by atoms with E-state index in [9.17, 15) is 9.18 Å². The van der Waals surface area contributed by atoms with Gasteiger partial charge in [0, 0.05) is 19.8 Å². The van der Waals surface area contributed by atoms with Crippen molar-refractivity contribution in [2.75, 3.05) is 18.9 Å². The van der Waals surface area contributed by atoms with Crippen LogP contribution in [0.25, 0.3) is 0 Å². The Balaban J connectivity index is 1.83. The summed E-state index contributed by atoms with van der Waals surface area (Å²) >= 11 is 0. The van der Waals surface area contributed by atoms with Gasteiger partial charge < -0.3 is 10.2 Å². The molecule has 22 heavy (non-hydrogen) atoms. The Morgan fingerprint density at radius 3 is 2.82 bits per heavy atom. The van der Waals surface area contributed by atoms with Gasteiger partial charge in [0.1, 0.15) is 11.6 Å². The van der Waals surface area contributed by atoms with E-state index in [-0.39, 0.29) is 11.7 Å². The highest BCUT2D eigenvalue weighted by atomic mass is 19.1. The van der Waals surface area contributed by atoms with Crippen molar-refractivity contribution in [3.05, 3.63) is 54.0 Å². The standard InChI is InChI=1S/C17H18FN3O/c1-21(11-12-8-9-12)17(22)13-5-4-10-19-16(13)20-15-7-3-2-6-14(15)18/h2-7,10,12H,8-9,11H2,1H3,(H,19,20). The van der Waals surface area contributed by atoms with Gasteiger partial charge in [-0.15, -0.1) is 0 Å². The number of anilines is 2. The van der Waals surface area contributed by atoms with Gasteiger partial charge >= 0.3 is 0 Å². The van der Waals surface area contributed by atoms with Gasteiger partial charge in [-0.25, -0.2) is 9.37 Å². The van der Waals surface area contributed by atoms with Gasteiger partial charge in [-0.3, -0.25) is 4.79 Å². The fourth-order valence-electron chi connectivity index (χ4n) is 2.34. The van der Waals surface area contributed by atoms with Gasteiger partial charge in [0.2, 0.25) is 0 Å². The van der Waals surface area contributed by atoms with E-state index in [0.29, 0.717) is 23.0 Å². The van der Waals surface area contributed by atoms with Crippen molar-refractivity contribution < 1.29 is 9.18 Å². The lowest BCUT2D eigenvalue weighted by molar-refractivity contribution is 0.0789. The molecule has 1 aliphatic rings. The number of carbonyl (C=O) groups excluding carboxylic acids is 1. The molecule has 2 aromatic rings. The fourth-order valence-corrected chi connectivity index (χ4v) is 2.34. The number of amides is 1. The predicted octanol–water partition coefficient (Wildman–Crippen LogP) is 3.45. The summed E-state index contributed by atoms with van der Waals surface area (Å²) in [5.74, 6) is 0.519. The average Bonchev–Trinajstić information content (AvgIpc) is 3.33. The first kappa shape index (κ1) is 14.5. The topological polar surface area (TPSA) is 45.2 Å². The van der Waals surface area contributed by atoms with E-state index in [1.807, 2.05) is 0 Å². The van der Waals surface area contributed by atoms with Gasteiger partial charge in [-0.1, -0.05) is 12.1 Å². The molecular weight excluding hydrogens is 281 g/mol. The van der Waals surface area contributed by atoms with Crippen LogP contribution >= 0.6 is 0 Å². The van der Waals surface area contributed by atoms with Crippen LogP contribution in [0.4, 0.5) is 15.9 Å². The minimum absolute atomic E-state index is 0.0983. The molecule has 0 atom stereocenters. The summed E-state index contributed by atoms with van der Waals surface area (Å²) in [6.07, 6.45) is 3.96. The second-order valence-electron chi connectivity index (χ2n) is 5.63. The Bertz CT molecular complexity index is 685. The second-order valence-corrected chi connectivity index (χ2v) is 5.63. The minimum Gasteiger partial charge on any atom is -0.341 e. The molecule has 1 amide bonds. The molecule has 0 unspecified atom stereocenters. The molecule has 1 N–H and O–H groups in total. The van der Waals surface area contributed by atoms with E-state index in [2.05, 4.69) is 10.3 Å². The number of benzene rings is 1. The van der Waals surface area contributed by atoms with Crippen LogP contribution in [0.15, 0.2) is 42.6 Å². The zero-order valence-electron chi connectivity index (χ0n) is 12.4. The first-order valence-electron chi connectivity index (χ1n) is 7.37. The largest absolute Gasteiger partial charge is 0.341 e. The van der Waals surface area contributed by atoms with Crippen LogP contribution in [-0.2, 0) is 0 Å². The van der Waals surface area contributed by atoms with E-state index < -0.39 is 0 Å². The zero-order valence-corrected chi connectivity index (χ0v) is 12.4. The maximum absolute atomic E-state index is 13.8. The third-order valence-corrected chi connectivity index (χ3v) is 3.74. The van der Waals surface area contributed by atoms with Crippen molar-refractivity contribution in [2.45, 2.75) is 12.8 Å². The summed E-state index contributed by atoms with van der Waals surface area (Å²) in [7, 11) is 1.79. The molecule has 1 saturated carbocycles. The highest BCUT2D eigenvalue weighted by Crippen LogP contribution is 2.30. The maximum Gasteiger partial charge on any atom is 0.257 e. The van der Waals surface area contributed by atoms with Crippen molar-refractivity contribution in [1.29, 1.82) is 0 Å². The van der Waals surface area contributed by atoms with Crippen LogP contribution in [0.3, 0.4) is 0 Å². The lowest BCUT2D eigenvalue weighted by atomic mass is 10.2. The van der Waals surface area contributed by atoms with Crippen molar-refractivity contribution in [3.63, 3.8) is 0 Å². The summed E-state index contributed by atoms with van der Waals surface area (Å²) in [4.78, 5) is 18.5. The van der Waals surface area contributed by atoms with Gasteiger partial charge in [0.05, 0.1) is 11.3 Å². The number of aromatic nitrogens is 1. The lowest BCUT2D eigenvalue weighted by Gasteiger charge is -2.18. The molecule has 0 radical (unpaired) electrons. The molecule has 3 rings (SSSR count). The van der Waals surface area contributed by atoms with E-state index in [1.54, 1.807) is 48.5 Å². The molecule has 4 nitrogen and oxygen atoms in total. The lowest BCUT2D eigenvalue weighted by Crippen LogP contribution is -2.29. The van der Waals surface area contributed by atoms with E-state index >= 15 is 0 Å². The highest BCUT2D eigenvalue weighted by molar-refractivity contribution is 5.99. The number of rotatable bonds is 5. The SMILES string of the molecule is CN(CC1CC1)C(=O)c1cccnc1Nc1ccccc1F. The average molecular weight is 299 g/mol. The smallest absolute Gasteiger partial charge is 0.257 e. The monoisotopic (exact) mass is 299 g/mol. The Morgan fingerprint density at radius 1 is 1.32 bits per heavy atom. The van der Waals surface area contributed by atoms with Crippen LogP contribution in [0.5, 0.6) is 0 Å². The van der Waals surface area contributed by atoms with Crippen LogP contribution in [0.2, 0.25) is 0 Å². The van der Waals surface area contributed by atoms with Crippen molar-refractivity contribution >= 4 is 17.4 Å². The third-order valence-electron chi connectivity index (χ3n) is 3.74. The third kappa shape index (κ3) is 3.24. The number of nitrogens with zero attached hydrogens (tertiary/aromatic N) is 2. The molecule has 1 heterocycles. The second kappa shape index (κ2) is 6.13. The molecule has 1 aromatic heterocycles. The number of carbonyl (C=O) groups is 1. The summed E-state index contributed by atoms with van der Waals surface area (Å²) in [6, 6.07) is 9.76. The summed E-state index contributed by atoms with van der Waals surface area (Å²) < 4.78 is 13.8. The number of nitrogens with one attached hydrogen (secondary N) is 1.